The van der Waals surface area contributed by atoms with Crippen LogP contribution in [-0.4, -0.2) is 17.2 Å². The first-order valence-corrected chi connectivity index (χ1v) is 3.69. The summed E-state index contributed by atoms with van der Waals surface area (Å²) in [4.78, 5) is 10.4. The van der Waals surface area contributed by atoms with Crippen LogP contribution < -0.4 is 4.74 Å². The number of ether oxygens (including phenoxy) is 1. The first-order valence-electron chi connectivity index (χ1n) is 3.69. The van der Waals surface area contributed by atoms with E-state index in [0.717, 1.165) is 5.56 Å². The monoisotopic (exact) mass is 164 g/mol. The lowest BCUT2D eigenvalue weighted by Gasteiger charge is -2.13. The van der Waals surface area contributed by atoms with E-state index in [2.05, 4.69) is 0 Å². The van der Waals surface area contributed by atoms with Crippen molar-refractivity contribution in [2.45, 2.75) is 12.2 Å². The van der Waals surface area contributed by atoms with Gasteiger partial charge in [-0.25, -0.2) is 0 Å². The normalized spacial score (nSPS) is 26.1. The van der Waals surface area contributed by atoms with Crippen LogP contribution in [0.25, 0.3) is 0 Å². The van der Waals surface area contributed by atoms with Crippen molar-refractivity contribution in [1.29, 1.82) is 0 Å². The number of carbonyl (C=O) groups is 1. The predicted octanol–water partition coefficient (Wildman–Crippen LogP) is 0.509. The number of hydrogen-bond donors (Lipinski definition) is 1. The van der Waals surface area contributed by atoms with Gasteiger partial charge in [-0.1, -0.05) is 18.2 Å². The van der Waals surface area contributed by atoms with Crippen LogP contribution in [0.2, 0.25) is 0 Å². The molecule has 0 fully saturated rings. The zero-order chi connectivity index (χ0) is 8.60. The number of para-hydroxylation sites is 1. The molecule has 0 aromatic heterocycles. The molecule has 2 rings (SSSR count). The first kappa shape index (κ1) is 7.31. The Bertz CT molecular complexity index is 294. The molecule has 3 heteroatoms. The number of fused-ring (bicyclic) bond motifs is 1. The molecule has 0 radical (unpaired) electrons. The third-order valence-corrected chi connectivity index (χ3v) is 1.89. The zero-order valence-electron chi connectivity index (χ0n) is 6.36. The number of aldehydes is 1. The van der Waals surface area contributed by atoms with Crippen LogP contribution in [0.4, 0.5) is 0 Å². The van der Waals surface area contributed by atoms with Gasteiger partial charge in [-0.3, -0.25) is 4.79 Å². The lowest BCUT2D eigenvalue weighted by Crippen LogP contribution is -2.35. The largest absolute Gasteiger partial charge is 0.455 e. The molecule has 0 spiro atoms. The van der Waals surface area contributed by atoms with E-state index in [0.29, 0.717) is 12.0 Å². The average molecular weight is 164 g/mol. The number of carbonyl (C=O) groups excluding carboxylic acids is 1. The van der Waals surface area contributed by atoms with Gasteiger partial charge in [-0.05, 0) is 6.07 Å². The summed E-state index contributed by atoms with van der Waals surface area (Å²) in [5.41, 5.74) is 0.868. The molecule has 0 amide bonds. The molecule has 1 aromatic carbocycles. The molecule has 1 aliphatic rings. The smallest absolute Gasteiger partial charge is 0.269 e. The Hall–Kier alpha value is -1.35. The van der Waals surface area contributed by atoms with Gasteiger partial charge in [0.15, 0.2) is 6.29 Å². The van der Waals surface area contributed by atoms with Crippen LogP contribution in [0.1, 0.15) is 5.56 Å². The average Bonchev–Trinajstić information content (AvgIpc) is 2.42. The van der Waals surface area contributed by atoms with Crippen molar-refractivity contribution in [3.05, 3.63) is 29.8 Å². The third kappa shape index (κ3) is 0.987. The SMILES string of the molecule is O=CC1(O)Cc2ccccc2O1. The maximum atomic E-state index is 10.4. The highest BCUT2D eigenvalue weighted by atomic mass is 16.6. The van der Waals surface area contributed by atoms with E-state index in [1.807, 2.05) is 12.1 Å². The molecule has 12 heavy (non-hydrogen) atoms. The van der Waals surface area contributed by atoms with Crippen LogP contribution in [0.15, 0.2) is 24.3 Å². The molecule has 1 atom stereocenters. The van der Waals surface area contributed by atoms with E-state index in [9.17, 15) is 9.90 Å². The van der Waals surface area contributed by atoms with Gasteiger partial charge in [0.25, 0.3) is 5.79 Å². The molecule has 0 saturated heterocycles. The molecule has 1 heterocycles. The Morgan fingerprint density at radius 1 is 1.50 bits per heavy atom. The van der Waals surface area contributed by atoms with E-state index in [1.165, 1.54) is 0 Å². The van der Waals surface area contributed by atoms with Crippen molar-refractivity contribution in [3.8, 4) is 5.75 Å². The van der Waals surface area contributed by atoms with Crippen LogP contribution in [0.5, 0.6) is 5.75 Å². The van der Waals surface area contributed by atoms with E-state index < -0.39 is 5.79 Å². The highest BCUT2D eigenvalue weighted by Crippen LogP contribution is 2.31. The van der Waals surface area contributed by atoms with Gasteiger partial charge in [0.2, 0.25) is 0 Å². The maximum Gasteiger partial charge on any atom is 0.269 e. The minimum atomic E-state index is -1.64. The van der Waals surface area contributed by atoms with Gasteiger partial charge in [-0.15, -0.1) is 0 Å². The topological polar surface area (TPSA) is 46.5 Å². The summed E-state index contributed by atoms with van der Waals surface area (Å²) in [5.74, 6) is -1.05. The number of hydrogen-bond acceptors (Lipinski definition) is 3. The molecule has 1 aliphatic heterocycles. The molecule has 0 bridgehead atoms. The highest BCUT2D eigenvalue weighted by molar-refractivity contribution is 5.64. The van der Waals surface area contributed by atoms with Gasteiger partial charge >= 0.3 is 0 Å². The molecular weight excluding hydrogens is 156 g/mol. The predicted molar refractivity (Wildman–Crippen MR) is 41.8 cm³/mol. The fourth-order valence-corrected chi connectivity index (χ4v) is 1.31. The Balaban J connectivity index is 2.39. The summed E-state index contributed by atoms with van der Waals surface area (Å²) >= 11 is 0. The summed E-state index contributed by atoms with van der Waals surface area (Å²) < 4.78 is 5.03. The van der Waals surface area contributed by atoms with E-state index in [1.54, 1.807) is 12.1 Å². The Morgan fingerprint density at radius 2 is 2.25 bits per heavy atom. The highest BCUT2D eigenvalue weighted by Gasteiger charge is 2.36. The number of rotatable bonds is 1. The molecule has 1 aromatic rings. The minimum absolute atomic E-state index is 0.243. The van der Waals surface area contributed by atoms with E-state index >= 15 is 0 Å². The summed E-state index contributed by atoms with van der Waals surface area (Å²) in [7, 11) is 0. The van der Waals surface area contributed by atoms with Crippen LogP contribution in [0.3, 0.4) is 0 Å². The molecule has 1 N–H and O–H groups in total. The van der Waals surface area contributed by atoms with Crippen LogP contribution in [0, 0.1) is 0 Å². The van der Waals surface area contributed by atoms with Crippen LogP contribution >= 0.6 is 0 Å². The Morgan fingerprint density at radius 3 is 2.92 bits per heavy atom. The molecule has 3 nitrogen and oxygen atoms in total. The van der Waals surface area contributed by atoms with Gasteiger partial charge in [-0.2, -0.15) is 0 Å². The third-order valence-electron chi connectivity index (χ3n) is 1.89. The van der Waals surface area contributed by atoms with Gasteiger partial charge in [0, 0.05) is 12.0 Å². The van der Waals surface area contributed by atoms with Crippen molar-refractivity contribution >= 4 is 6.29 Å². The van der Waals surface area contributed by atoms with Gasteiger partial charge in [0.05, 0.1) is 0 Å². The second-order valence-electron chi connectivity index (χ2n) is 2.85. The lowest BCUT2D eigenvalue weighted by molar-refractivity contribution is -0.152. The zero-order valence-corrected chi connectivity index (χ0v) is 6.36. The molecule has 0 aliphatic carbocycles. The van der Waals surface area contributed by atoms with Crippen molar-refractivity contribution in [3.63, 3.8) is 0 Å². The molecule has 62 valence electrons. The van der Waals surface area contributed by atoms with E-state index in [-0.39, 0.29) is 6.42 Å². The number of benzene rings is 1. The van der Waals surface area contributed by atoms with Crippen molar-refractivity contribution < 1.29 is 14.6 Å². The van der Waals surface area contributed by atoms with Gasteiger partial charge < -0.3 is 9.84 Å². The van der Waals surface area contributed by atoms with E-state index in [4.69, 9.17) is 4.74 Å². The quantitative estimate of drug-likeness (QED) is 0.615. The second-order valence-corrected chi connectivity index (χ2v) is 2.85. The Kier molecular flexibility index (Phi) is 1.41. The summed E-state index contributed by atoms with van der Waals surface area (Å²) in [6.07, 6.45) is 0.666. The van der Waals surface area contributed by atoms with Crippen molar-refractivity contribution in [2.24, 2.45) is 0 Å². The summed E-state index contributed by atoms with van der Waals surface area (Å²) in [6.45, 7) is 0. The molecule has 1 unspecified atom stereocenters. The van der Waals surface area contributed by atoms with Gasteiger partial charge in [0.1, 0.15) is 5.75 Å². The summed E-state index contributed by atoms with van der Waals surface area (Å²) in [5, 5.41) is 9.43. The second kappa shape index (κ2) is 2.32. The Labute approximate surface area is 69.6 Å². The first-order chi connectivity index (χ1) is 5.73. The van der Waals surface area contributed by atoms with Crippen molar-refractivity contribution in [1.82, 2.24) is 0 Å². The summed E-state index contributed by atoms with van der Waals surface area (Å²) in [6, 6.07) is 7.21. The fourth-order valence-electron chi connectivity index (χ4n) is 1.31. The number of aliphatic hydroxyl groups is 1. The molecule has 0 saturated carbocycles. The fraction of sp³-hybridized carbons (Fsp3) is 0.222. The van der Waals surface area contributed by atoms with Crippen molar-refractivity contribution in [2.75, 3.05) is 0 Å². The lowest BCUT2D eigenvalue weighted by atomic mass is 10.1. The maximum absolute atomic E-state index is 10.4. The molecular formula is C9H8O3. The van der Waals surface area contributed by atoms with Crippen LogP contribution in [-0.2, 0) is 11.2 Å². The standard InChI is InChI=1S/C9H8O3/c10-6-9(11)5-7-3-1-2-4-8(7)12-9/h1-4,6,11H,5H2. The minimum Gasteiger partial charge on any atom is -0.455 e.